The van der Waals surface area contributed by atoms with E-state index in [1.54, 1.807) is 6.07 Å². The Balaban J connectivity index is 2.36. The van der Waals surface area contributed by atoms with Crippen LogP contribution in [-0.2, 0) is 17.8 Å². The molecule has 0 bridgehead atoms. The first-order valence-electron chi connectivity index (χ1n) is 5.75. The molecule has 0 spiro atoms. The first kappa shape index (κ1) is 12.0. The molecule has 0 saturated carbocycles. The molecule has 0 amide bonds. The summed E-state index contributed by atoms with van der Waals surface area (Å²) in [4.78, 5) is 13.1. The summed E-state index contributed by atoms with van der Waals surface area (Å²) in [5.74, 6) is -1.07. The molecular formula is C13H16FNO2. The van der Waals surface area contributed by atoms with Gasteiger partial charge in [0.15, 0.2) is 0 Å². The van der Waals surface area contributed by atoms with Crippen LogP contribution in [0.15, 0.2) is 18.2 Å². The molecular weight excluding hydrogens is 221 g/mol. The summed E-state index contributed by atoms with van der Waals surface area (Å²) in [5, 5.41) is 9.22. The van der Waals surface area contributed by atoms with E-state index in [1.807, 2.05) is 18.7 Å². The van der Waals surface area contributed by atoms with Crippen LogP contribution in [0.5, 0.6) is 0 Å². The quantitative estimate of drug-likeness (QED) is 0.855. The van der Waals surface area contributed by atoms with Gasteiger partial charge in [0.1, 0.15) is 11.9 Å². The number of carbonyl (C=O) groups is 1. The Morgan fingerprint density at radius 1 is 1.47 bits per heavy atom. The van der Waals surface area contributed by atoms with Crippen LogP contribution in [0, 0.1) is 5.82 Å². The highest BCUT2D eigenvalue weighted by Gasteiger charge is 2.32. The molecule has 1 heterocycles. The van der Waals surface area contributed by atoms with Crippen molar-refractivity contribution in [1.29, 1.82) is 0 Å². The van der Waals surface area contributed by atoms with E-state index in [-0.39, 0.29) is 11.9 Å². The van der Waals surface area contributed by atoms with Crippen LogP contribution in [0.1, 0.15) is 25.0 Å². The third kappa shape index (κ3) is 2.31. The van der Waals surface area contributed by atoms with Crippen LogP contribution < -0.4 is 0 Å². The summed E-state index contributed by atoms with van der Waals surface area (Å²) in [6.45, 7) is 4.42. The van der Waals surface area contributed by atoms with Gasteiger partial charge in [-0.25, -0.2) is 4.39 Å². The lowest BCUT2D eigenvalue weighted by molar-refractivity contribution is -0.144. The third-order valence-corrected chi connectivity index (χ3v) is 3.28. The van der Waals surface area contributed by atoms with Gasteiger partial charge < -0.3 is 5.11 Å². The van der Waals surface area contributed by atoms with Gasteiger partial charge in [-0.05, 0) is 43.5 Å². The van der Waals surface area contributed by atoms with E-state index in [0.717, 1.165) is 11.1 Å². The standard InChI is InChI=1S/C13H16FNO2/c1-8(2)15-7-10-5-11(14)4-3-9(10)6-12(15)13(16)17/h3-5,8,12H,6-7H2,1-2H3,(H,16,17)/t12-/m1/s1. The Kier molecular flexibility index (Phi) is 3.15. The zero-order chi connectivity index (χ0) is 12.6. The Hall–Kier alpha value is -1.42. The second-order valence-corrected chi connectivity index (χ2v) is 4.74. The molecule has 0 radical (unpaired) electrons. The van der Waals surface area contributed by atoms with Gasteiger partial charge in [0.2, 0.25) is 0 Å². The van der Waals surface area contributed by atoms with Crippen LogP contribution in [0.4, 0.5) is 4.39 Å². The number of halogens is 1. The predicted octanol–water partition coefficient (Wildman–Crippen LogP) is 2.05. The maximum absolute atomic E-state index is 13.1. The summed E-state index contributed by atoms with van der Waals surface area (Å²) >= 11 is 0. The second-order valence-electron chi connectivity index (χ2n) is 4.74. The summed E-state index contributed by atoms with van der Waals surface area (Å²) in [6.07, 6.45) is 0.448. The second kappa shape index (κ2) is 4.45. The van der Waals surface area contributed by atoms with Gasteiger partial charge in [-0.15, -0.1) is 0 Å². The molecule has 1 aliphatic rings. The lowest BCUT2D eigenvalue weighted by Gasteiger charge is -2.37. The zero-order valence-electron chi connectivity index (χ0n) is 9.98. The van der Waals surface area contributed by atoms with Crippen molar-refractivity contribution in [3.05, 3.63) is 35.1 Å². The fraction of sp³-hybridized carbons (Fsp3) is 0.462. The Morgan fingerprint density at radius 3 is 2.76 bits per heavy atom. The number of nitrogens with zero attached hydrogens (tertiary/aromatic N) is 1. The molecule has 0 fully saturated rings. The van der Waals surface area contributed by atoms with E-state index < -0.39 is 12.0 Å². The van der Waals surface area contributed by atoms with E-state index in [9.17, 15) is 14.3 Å². The molecule has 1 N–H and O–H groups in total. The summed E-state index contributed by atoms with van der Waals surface area (Å²) < 4.78 is 13.1. The first-order valence-corrected chi connectivity index (χ1v) is 5.75. The van der Waals surface area contributed by atoms with Crippen molar-refractivity contribution in [2.75, 3.05) is 0 Å². The van der Waals surface area contributed by atoms with Crippen molar-refractivity contribution < 1.29 is 14.3 Å². The van der Waals surface area contributed by atoms with E-state index in [0.29, 0.717) is 13.0 Å². The molecule has 2 rings (SSSR count). The molecule has 4 heteroatoms. The zero-order valence-corrected chi connectivity index (χ0v) is 9.98. The number of hydrogen-bond acceptors (Lipinski definition) is 2. The highest BCUT2D eigenvalue weighted by Crippen LogP contribution is 2.25. The maximum Gasteiger partial charge on any atom is 0.321 e. The molecule has 0 saturated heterocycles. The Morgan fingerprint density at radius 2 is 2.18 bits per heavy atom. The van der Waals surface area contributed by atoms with E-state index in [4.69, 9.17) is 0 Å². The van der Waals surface area contributed by atoms with Crippen molar-refractivity contribution in [3.8, 4) is 0 Å². The van der Waals surface area contributed by atoms with E-state index >= 15 is 0 Å². The average molecular weight is 237 g/mol. The number of fused-ring (bicyclic) bond motifs is 1. The van der Waals surface area contributed by atoms with Crippen LogP contribution in [0.25, 0.3) is 0 Å². The van der Waals surface area contributed by atoms with Crippen LogP contribution in [-0.4, -0.2) is 28.1 Å². The van der Waals surface area contributed by atoms with Crippen molar-refractivity contribution in [2.24, 2.45) is 0 Å². The smallest absolute Gasteiger partial charge is 0.321 e. The van der Waals surface area contributed by atoms with Gasteiger partial charge in [-0.3, -0.25) is 9.69 Å². The van der Waals surface area contributed by atoms with Gasteiger partial charge >= 0.3 is 5.97 Å². The molecule has 1 aromatic rings. The molecule has 92 valence electrons. The number of rotatable bonds is 2. The monoisotopic (exact) mass is 237 g/mol. The lowest BCUT2D eigenvalue weighted by Crippen LogP contribution is -2.48. The molecule has 0 aromatic heterocycles. The molecule has 17 heavy (non-hydrogen) atoms. The topological polar surface area (TPSA) is 40.5 Å². The largest absolute Gasteiger partial charge is 0.480 e. The summed E-state index contributed by atoms with van der Waals surface area (Å²) in [7, 11) is 0. The minimum atomic E-state index is -0.811. The molecule has 1 aromatic carbocycles. The minimum absolute atomic E-state index is 0.132. The maximum atomic E-state index is 13.1. The van der Waals surface area contributed by atoms with Gasteiger partial charge in [-0.1, -0.05) is 6.07 Å². The van der Waals surface area contributed by atoms with Crippen molar-refractivity contribution in [2.45, 2.75) is 38.9 Å². The SMILES string of the molecule is CC(C)N1Cc2cc(F)ccc2C[C@@H]1C(=O)O. The molecule has 3 nitrogen and oxygen atoms in total. The first-order chi connectivity index (χ1) is 7.99. The number of aliphatic carboxylic acids is 1. The van der Waals surface area contributed by atoms with E-state index in [1.165, 1.54) is 12.1 Å². The summed E-state index contributed by atoms with van der Waals surface area (Å²) in [5.41, 5.74) is 1.84. The van der Waals surface area contributed by atoms with Crippen LogP contribution >= 0.6 is 0 Å². The van der Waals surface area contributed by atoms with E-state index in [2.05, 4.69) is 0 Å². The fourth-order valence-electron chi connectivity index (χ4n) is 2.34. The number of carboxylic acids is 1. The average Bonchev–Trinajstić information content (AvgIpc) is 2.26. The number of hydrogen-bond donors (Lipinski definition) is 1. The Bertz CT molecular complexity index is 445. The van der Waals surface area contributed by atoms with Gasteiger partial charge in [-0.2, -0.15) is 0 Å². The van der Waals surface area contributed by atoms with Crippen molar-refractivity contribution >= 4 is 5.97 Å². The number of carboxylic acid groups (broad SMARTS) is 1. The molecule has 1 aliphatic heterocycles. The highest BCUT2D eigenvalue weighted by molar-refractivity contribution is 5.74. The normalized spacial score (nSPS) is 20.4. The third-order valence-electron chi connectivity index (χ3n) is 3.28. The molecule has 1 atom stereocenters. The predicted molar refractivity (Wildman–Crippen MR) is 62.2 cm³/mol. The molecule has 0 unspecified atom stereocenters. The minimum Gasteiger partial charge on any atom is -0.480 e. The highest BCUT2D eigenvalue weighted by atomic mass is 19.1. The van der Waals surface area contributed by atoms with Gasteiger partial charge in [0, 0.05) is 12.6 Å². The molecule has 0 aliphatic carbocycles. The number of benzene rings is 1. The fourth-order valence-corrected chi connectivity index (χ4v) is 2.34. The van der Waals surface area contributed by atoms with Crippen molar-refractivity contribution in [3.63, 3.8) is 0 Å². The lowest BCUT2D eigenvalue weighted by atomic mass is 9.93. The van der Waals surface area contributed by atoms with Crippen molar-refractivity contribution in [1.82, 2.24) is 4.90 Å². The van der Waals surface area contributed by atoms with Crippen LogP contribution in [0.3, 0.4) is 0 Å². The van der Waals surface area contributed by atoms with Crippen LogP contribution in [0.2, 0.25) is 0 Å². The Labute approximate surface area is 99.9 Å². The summed E-state index contributed by atoms with van der Waals surface area (Å²) in [6, 6.07) is 4.21. The van der Waals surface area contributed by atoms with Gasteiger partial charge in [0.25, 0.3) is 0 Å². The van der Waals surface area contributed by atoms with Gasteiger partial charge in [0.05, 0.1) is 0 Å².